The van der Waals surface area contributed by atoms with Gasteiger partial charge in [0, 0.05) is 8.96 Å². The van der Waals surface area contributed by atoms with Gasteiger partial charge in [-0.1, -0.05) is 18.2 Å². The first-order valence-corrected chi connectivity index (χ1v) is 6.70. The van der Waals surface area contributed by atoms with Crippen molar-refractivity contribution in [1.82, 2.24) is 10.2 Å². The van der Waals surface area contributed by atoms with E-state index < -0.39 is 5.97 Å². The zero-order valence-electron chi connectivity index (χ0n) is 9.72. The number of aromatic carboxylic acids is 1. The van der Waals surface area contributed by atoms with Crippen molar-refractivity contribution in [3.8, 4) is 11.1 Å². The highest BCUT2D eigenvalue weighted by Crippen LogP contribution is 2.25. The molecule has 0 aliphatic rings. The minimum absolute atomic E-state index is 0.0594. The van der Waals surface area contributed by atoms with Crippen molar-refractivity contribution < 1.29 is 9.90 Å². The van der Waals surface area contributed by atoms with Crippen LogP contribution in [-0.4, -0.2) is 21.3 Å². The highest BCUT2D eigenvalue weighted by atomic mass is 127. The van der Waals surface area contributed by atoms with E-state index in [2.05, 4.69) is 32.8 Å². The number of nitrogens with zero attached hydrogens (tertiary/aromatic N) is 1. The quantitative estimate of drug-likeness (QED) is 0.684. The van der Waals surface area contributed by atoms with Gasteiger partial charge in [-0.3, -0.25) is 5.10 Å². The van der Waals surface area contributed by atoms with Crippen molar-refractivity contribution in [3.05, 3.63) is 51.7 Å². The molecule has 2 N–H and O–H groups in total. The molecule has 0 bridgehead atoms. The first kappa shape index (κ1) is 12.2. The van der Waals surface area contributed by atoms with Crippen molar-refractivity contribution in [1.29, 1.82) is 0 Å². The summed E-state index contributed by atoms with van der Waals surface area (Å²) in [4.78, 5) is 11.0. The molecule has 2 aromatic carbocycles. The number of aromatic amines is 1. The fourth-order valence-corrected chi connectivity index (χ4v) is 2.36. The lowest BCUT2D eigenvalue weighted by Crippen LogP contribution is -1.96. The van der Waals surface area contributed by atoms with Crippen LogP contribution in [0.25, 0.3) is 22.0 Å². The Balaban J connectivity index is 2.12. The van der Waals surface area contributed by atoms with Crippen LogP contribution in [-0.2, 0) is 0 Å². The lowest BCUT2D eigenvalue weighted by molar-refractivity contribution is 0.0692. The average Bonchev–Trinajstić information content (AvgIpc) is 2.82. The second-order valence-corrected chi connectivity index (χ2v) is 5.39. The maximum atomic E-state index is 11.0. The molecule has 1 aromatic heterocycles. The Labute approximate surface area is 122 Å². The topological polar surface area (TPSA) is 66.0 Å². The van der Waals surface area contributed by atoms with Gasteiger partial charge in [0.1, 0.15) is 0 Å². The van der Waals surface area contributed by atoms with Crippen LogP contribution in [0.15, 0.2) is 42.5 Å². The Morgan fingerprint density at radius 1 is 1.11 bits per heavy atom. The third-order valence-electron chi connectivity index (χ3n) is 2.94. The fraction of sp³-hybridized carbons (Fsp3) is 0. The third kappa shape index (κ3) is 2.21. The van der Waals surface area contributed by atoms with Crippen molar-refractivity contribution in [2.45, 2.75) is 0 Å². The van der Waals surface area contributed by atoms with Crippen LogP contribution < -0.4 is 0 Å². The Hall–Kier alpha value is -1.89. The van der Waals surface area contributed by atoms with E-state index in [9.17, 15) is 4.79 Å². The van der Waals surface area contributed by atoms with Crippen LogP contribution in [0.5, 0.6) is 0 Å². The number of hydrogen-bond acceptors (Lipinski definition) is 2. The molecule has 0 atom stereocenters. The number of carboxylic acids is 1. The predicted molar refractivity (Wildman–Crippen MR) is 81.2 cm³/mol. The molecule has 0 fully saturated rings. The zero-order chi connectivity index (χ0) is 13.4. The second-order valence-electron chi connectivity index (χ2n) is 4.14. The highest BCUT2D eigenvalue weighted by molar-refractivity contribution is 14.1. The number of carboxylic acid groups (broad SMARTS) is 1. The van der Waals surface area contributed by atoms with Crippen LogP contribution in [0, 0.1) is 3.57 Å². The molecule has 0 unspecified atom stereocenters. The first-order valence-electron chi connectivity index (χ1n) is 5.62. The first-order chi connectivity index (χ1) is 9.15. The van der Waals surface area contributed by atoms with Crippen LogP contribution in [0.4, 0.5) is 0 Å². The van der Waals surface area contributed by atoms with E-state index in [1.165, 1.54) is 3.57 Å². The van der Waals surface area contributed by atoms with Crippen LogP contribution in [0.2, 0.25) is 0 Å². The van der Waals surface area contributed by atoms with Gasteiger partial charge in [0.05, 0.1) is 5.52 Å². The number of H-pyrrole nitrogens is 1. The SMILES string of the molecule is O=C(O)c1n[nH]c2cc(-c3ccc(I)cc3)ccc12. The van der Waals surface area contributed by atoms with E-state index in [4.69, 9.17) is 5.11 Å². The van der Waals surface area contributed by atoms with E-state index in [0.29, 0.717) is 5.39 Å². The maximum absolute atomic E-state index is 11.0. The summed E-state index contributed by atoms with van der Waals surface area (Å²) in [7, 11) is 0. The lowest BCUT2D eigenvalue weighted by Gasteiger charge is -2.02. The summed E-state index contributed by atoms with van der Waals surface area (Å²) in [5.74, 6) is -1.02. The molecule has 4 nitrogen and oxygen atoms in total. The van der Waals surface area contributed by atoms with E-state index >= 15 is 0 Å². The Bertz CT molecular complexity index is 763. The molecule has 5 heteroatoms. The molecule has 0 saturated heterocycles. The molecule has 1 heterocycles. The normalized spacial score (nSPS) is 10.8. The smallest absolute Gasteiger partial charge is 0.357 e. The van der Waals surface area contributed by atoms with Gasteiger partial charge < -0.3 is 5.11 Å². The zero-order valence-corrected chi connectivity index (χ0v) is 11.9. The number of nitrogens with one attached hydrogen (secondary N) is 1. The fourth-order valence-electron chi connectivity index (χ4n) is 2.00. The van der Waals surface area contributed by atoms with Gasteiger partial charge >= 0.3 is 5.97 Å². The minimum atomic E-state index is -1.02. The number of rotatable bonds is 2. The second kappa shape index (κ2) is 4.65. The summed E-state index contributed by atoms with van der Waals surface area (Å²) >= 11 is 2.26. The average molecular weight is 364 g/mol. The van der Waals surface area contributed by atoms with Crippen molar-refractivity contribution in [2.75, 3.05) is 0 Å². The van der Waals surface area contributed by atoms with Crippen LogP contribution >= 0.6 is 22.6 Å². The summed E-state index contributed by atoms with van der Waals surface area (Å²) in [5.41, 5.74) is 2.91. The Kier molecular flexibility index (Phi) is 2.98. The molecule has 0 aliphatic heterocycles. The van der Waals surface area contributed by atoms with Gasteiger partial charge in [0.2, 0.25) is 0 Å². The number of halogens is 1. The van der Waals surface area contributed by atoms with Crippen LogP contribution in [0.3, 0.4) is 0 Å². The molecule has 3 aromatic rings. The van der Waals surface area contributed by atoms with Crippen molar-refractivity contribution >= 4 is 39.5 Å². The number of aromatic nitrogens is 2. The standard InChI is InChI=1S/C14H9IN2O2/c15-10-4-1-8(2-5-10)9-3-6-11-12(7-9)16-17-13(11)14(18)19/h1-7H,(H,16,17)(H,18,19). The van der Waals surface area contributed by atoms with Gasteiger partial charge in [-0.2, -0.15) is 5.10 Å². The molecule has 0 amide bonds. The predicted octanol–water partition coefficient (Wildman–Crippen LogP) is 3.53. The van der Waals surface area contributed by atoms with Gasteiger partial charge in [-0.25, -0.2) is 4.79 Å². The molecule has 0 saturated carbocycles. The van der Waals surface area contributed by atoms with E-state index in [1.807, 2.05) is 36.4 Å². The molecule has 0 radical (unpaired) electrons. The lowest BCUT2D eigenvalue weighted by atomic mass is 10.0. The molecule has 0 aliphatic carbocycles. The Morgan fingerprint density at radius 3 is 2.47 bits per heavy atom. The maximum Gasteiger partial charge on any atom is 0.357 e. The summed E-state index contributed by atoms with van der Waals surface area (Å²) in [6.07, 6.45) is 0. The number of hydrogen-bond donors (Lipinski definition) is 2. The van der Waals surface area contributed by atoms with Gasteiger partial charge in [0.25, 0.3) is 0 Å². The molecule has 0 spiro atoms. The van der Waals surface area contributed by atoms with E-state index in [-0.39, 0.29) is 5.69 Å². The van der Waals surface area contributed by atoms with E-state index in [1.54, 1.807) is 6.07 Å². The van der Waals surface area contributed by atoms with Crippen LogP contribution in [0.1, 0.15) is 10.5 Å². The third-order valence-corrected chi connectivity index (χ3v) is 3.66. The Morgan fingerprint density at radius 2 is 1.79 bits per heavy atom. The monoisotopic (exact) mass is 364 g/mol. The summed E-state index contributed by atoms with van der Waals surface area (Å²) in [6, 6.07) is 13.8. The summed E-state index contributed by atoms with van der Waals surface area (Å²) < 4.78 is 1.18. The van der Waals surface area contributed by atoms with Gasteiger partial charge in [-0.05, 0) is 58.0 Å². The molecule has 94 valence electrons. The number of carbonyl (C=O) groups is 1. The van der Waals surface area contributed by atoms with Gasteiger partial charge in [0.15, 0.2) is 5.69 Å². The van der Waals surface area contributed by atoms with Gasteiger partial charge in [-0.15, -0.1) is 0 Å². The molecular weight excluding hydrogens is 355 g/mol. The summed E-state index contributed by atoms with van der Waals surface area (Å²) in [5, 5.41) is 16.2. The summed E-state index contributed by atoms with van der Waals surface area (Å²) in [6.45, 7) is 0. The van der Waals surface area contributed by atoms with Crippen molar-refractivity contribution in [2.24, 2.45) is 0 Å². The minimum Gasteiger partial charge on any atom is -0.476 e. The van der Waals surface area contributed by atoms with E-state index in [0.717, 1.165) is 16.6 Å². The largest absolute Gasteiger partial charge is 0.476 e. The van der Waals surface area contributed by atoms with Crippen molar-refractivity contribution in [3.63, 3.8) is 0 Å². The number of fused-ring (bicyclic) bond motifs is 1. The molecule has 19 heavy (non-hydrogen) atoms. The highest BCUT2D eigenvalue weighted by Gasteiger charge is 2.12. The number of benzene rings is 2. The molecular formula is C14H9IN2O2. The molecule has 3 rings (SSSR count).